The van der Waals surface area contributed by atoms with E-state index < -0.39 is 21.5 Å². The number of hydrogen-bond donors (Lipinski definition) is 2. The lowest BCUT2D eigenvalue weighted by Gasteiger charge is -2.08. The molecule has 0 heterocycles. The van der Waals surface area contributed by atoms with Crippen LogP contribution in [0, 0.1) is 0 Å². The van der Waals surface area contributed by atoms with E-state index in [4.69, 9.17) is 11.6 Å². The number of benzene rings is 1. The van der Waals surface area contributed by atoms with Crippen molar-refractivity contribution >= 4 is 27.3 Å². The summed E-state index contributed by atoms with van der Waals surface area (Å²) in [5.41, 5.74) is -0.347. The van der Waals surface area contributed by atoms with Crippen molar-refractivity contribution in [3.8, 4) is 5.75 Å². The summed E-state index contributed by atoms with van der Waals surface area (Å²) < 4.78 is 46.9. The molecule has 0 saturated carbocycles. The van der Waals surface area contributed by atoms with Gasteiger partial charge < -0.3 is 5.11 Å². The Morgan fingerprint density at radius 1 is 1.40 bits per heavy atom. The maximum Gasteiger partial charge on any atom is 0.355 e. The van der Waals surface area contributed by atoms with Crippen LogP contribution in [0.1, 0.15) is 0 Å². The smallest absolute Gasteiger partial charge is 0.355 e. The second-order valence-corrected chi connectivity index (χ2v) is 4.66. The molecule has 84 valence electrons. The molecule has 8 heteroatoms. The standard InChI is InChI=1S/C7H6ClF2NO3S/c8-4-1-2-5(6(12)3-4)11-15(13,14)7(9)10/h1-3,7,11-12H. The topological polar surface area (TPSA) is 66.4 Å². The van der Waals surface area contributed by atoms with Gasteiger partial charge in [-0.05, 0) is 12.1 Å². The number of anilines is 1. The number of sulfonamides is 1. The van der Waals surface area contributed by atoms with Crippen molar-refractivity contribution < 1.29 is 22.3 Å². The quantitative estimate of drug-likeness (QED) is 0.814. The molecule has 0 amide bonds. The molecular weight excluding hydrogens is 252 g/mol. The maximum atomic E-state index is 12.0. The van der Waals surface area contributed by atoms with Crippen LogP contribution in [0.5, 0.6) is 5.75 Å². The zero-order valence-corrected chi connectivity index (χ0v) is 8.69. The molecule has 15 heavy (non-hydrogen) atoms. The molecule has 0 atom stereocenters. The fourth-order valence-corrected chi connectivity index (χ4v) is 1.52. The number of nitrogens with one attached hydrogen (secondary N) is 1. The van der Waals surface area contributed by atoms with Crippen molar-refractivity contribution in [2.75, 3.05) is 4.72 Å². The lowest BCUT2D eigenvalue weighted by Crippen LogP contribution is -2.20. The van der Waals surface area contributed by atoms with Crippen molar-refractivity contribution in [1.29, 1.82) is 0 Å². The van der Waals surface area contributed by atoms with Gasteiger partial charge in [0.1, 0.15) is 5.75 Å². The summed E-state index contributed by atoms with van der Waals surface area (Å²) in [5, 5.41) is 9.34. The Morgan fingerprint density at radius 2 is 2.00 bits per heavy atom. The van der Waals surface area contributed by atoms with Crippen LogP contribution in [0.3, 0.4) is 0 Å². The second kappa shape index (κ2) is 4.19. The zero-order chi connectivity index (χ0) is 11.6. The predicted molar refractivity (Wildman–Crippen MR) is 51.7 cm³/mol. The number of hydrogen-bond acceptors (Lipinski definition) is 3. The first-order valence-corrected chi connectivity index (χ1v) is 5.53. The van der Waals surface area contributed by atoms with Crippen LogP contribution in [-0.2, 0) is 10.0 Å². The molecule has 0 radical (unpaired) electrons. The molecule has 1 rings (SSSR count). The summed E-state index contributed by atoms with van der Waals surface area (Å²) in [5.74, 6) is -4.08. The first kappa shape index (κ1) is 12.0. The third kappa shape index (κ3) is 2.93. The van der Waals surface area contributed by atoms with Gasteiger partial charge in [0.2, 0.25) is 0 Å². The highest BCUT2D eigenvalue weighted by Crippen LogP contribution is 2.28. The van der Waals surface area contributed by atoms with E-state index in [9.17, 15) is 22.3 Å². The average Bonchev–Trinajstić information content (AvgIpc) is 2.09. The highest BCUT2D eigenvalue weighted by Gasteiger charge is 2.24. The van der Waals surface area contributed by atoms with E-state index in [0.717, 1.165) is 12.1 Å². The van der Waals surface area contributed by atoms with E-state index in [1.807, 2.05) is 0 Å². The highest BCUT2D eigenvalue weighted by atomic mass is 35.5. The van der Waals surface area contributed by atoms with E-state index >= 15 is 0 Å². The Balaban J connectivity index is 3.01. The molecule has 0 unspecified atom stereocenters. The number of aromatic hydroxyl groups is 1. The van der Waals surface area contributed by atoms with E-state index in [0.29, 0.717) is 0 Å². The second-order valence-electron chi connectivity index (χ2n) is 2.57. The molecule has 1 aromatic carbocycles. The van der Waals surface area contributed by atoms with Gasteiger partial charge in [-0.25, -0.2) is 8.42 Å². The fraction of sp³-hybridized carbons (Fsp3) is 0.143. The predicted octanol–water partition coefficient (Wildman–Crippen LogP) is 2.01. The molecule has 4 nitrogen and oxygen atoms in total. The largest absolute Gasteiger partial charge is 0.506 e. The molecule has 0 saturated heterocycles. The van der Waals surface area contributed by atoms with Crippen LogP contribution in [-0.4, -0.2) is 19.3 Å². The first-order chi connectivity index (χ1) is 6.83. The van der Waals surface area contributed by atoms with Crippen LogP contribution in [0.2, 0.25) is 5.02 Å². The van der Waals surface area contributed by atoms with Crippen LogP contribution < -0.4 is 4.72 Å². The van der Waals surface area contributed by atoms with Gasteiger partial charge in [-0.1, -0.05) is 11.6 Å². The number of halogens is 3. The molecule has 0 aliphatic rings. The van der Waals surface area contributed by atoms with Gasteiger partial charge in [0.15, 0.2) is 0 Å². The van der Waals surface area contributed by atoms with E-state index in [-0.39, 0.29) is 10.7 Å². The van der Waals surface area contributed by atoms with E-state index in [2.05, 4.69) is 0 Å². The van der Waals surface area contributed by atoms with Crippen molar-refractivity contribution in [3.63, 3.8) is 0 Å². The molecule has 0 aliphatic heterocycles. The minimum absolute atomic E-state index is 0.160. The van der Waals surface area contributed by atoms with Crippen molar-refractivity contribution in [2.24, 2.45) is 0 Å². The minimum Gasteiger partial charge on any atom is -0.506 e. The normalized spacial score (nSPS) is 11.7. The molecule has 0 spiro atoms. The number of rotatable bonds is 3. The molecule has 0 fully saturated rings. The third-order valence-corrected chi connectivity index (χ3v) is 2.66. The van der Waals surface area contributed by atoms with Gasteiger partial charge in [0.05, 0.1) is 5.69 Å². The van der Waals surface area contributed by atoms with E-state index in [1.165, 1.54) is 10.8 Å². The van der Waals surface area contributed by atoms with Gasteiger partial charge >= 0.3 is 5.76 Å². The van der Waals surface area contributed by atoms with Crippen molar-refractivity contribution in [1.82, 2.24) is 0 Å². The number of phenols is 1. The summed E-state index contributed by atoms with van der Waals surface area (Å²) in [7, 11) is -4.77. The number of phenolic OH excluding ortho intramolecular Hbond substituents is 1. The Kier molecular flexibility index (Phi) is 3.35. The Labute approximate surface area is 89.5 Å². The van der Waals surface area contributed by atoms with Crippen molar-refractivity contribution in [2.45, 2.75) is 5.76 Å². The van der Waals surface area contributed by atoms with Crippen LogP contribution in [0.4, 0.5) is 14.5 Å². The SMILES string of the molecule is O=S(=O)(Nc1ccc(Cl)cc1O)C(F)F. The summed E-state index contributed by atoms with van der Waals surface area (Å²) in [4.78, 5) is 0. The van der Waals surface area contributed by atoms with Gasteiger partial charge in [-0.3, -0.25) is 4.72 Å². The molecule has 0 aliphatic carbocycles. The Morgan fingerprint density at radius 3 is 2.47 bits per heavy atom. The first-order valence-electron chi connectivity index (χ1n) is 3.61. The molecule has 0 aromatic heterocycles. The van der Waals surface area contributed by atoms with Gasteiger partial charge in [-0.15, -0.1) is 0 Å². The Bertz CT molecular complexity index is 463. The minimum atomic E-state index is -4.77. The number of alkyl halides is 2. The fourth-order valence-electron chi connectivity index (χ4n) is 0.789. The monoisotopic (exact) mass is 257 g/mol. The molecule has 2 N–H and O–H groups in total. The summed E-state index contributed by atoms with van der Waals surface area (Å²) in [6.07, 6.45) is 0. The molecule has 1 aromatic rings. The lowest BCUT2D eigenvalue weighted by molar-refractivity contribution is 0.236. The molecular formula is C7H6ClF2NO3S. The zero-order valence-electron chi connectivity index (χ0n) is 7.12. The Hall–Kier alpha value is -1.08. The van der Waals surface area contributed by atoms with Gasteiger partial charge in [-0.2, -0.15) is 8.78 Å². The average molecular weight is 258 g/mol. The summed E-state index contributed by atoms with van der Waals surface area (Å²) in [6.45, 7) is 0. The molecule has 0 bridgehead atoms. The van der Waals surface area contributed by atoms with Crippen LogP contribution in [0.25, 0.3) is 0 Å². The third-order valence-electron chi connectivity index (χ3n) is 1.45. The highest BCUT2D eigenvalue weighted by molar-refractivity contribution is 7.93. The van der Waals surface area contributed by atoms with E-state index in [1.54, 1.807) is 0 Å². The van der Waals surface area contributed by atoms with Crippen molar-refractivity contribution in [3.05, 3.63) is 23.2 Å². The summed E-state index contributed by atoms with van der Waals surface area (Å²) in [6, 6.07) is 3.37. The summed E-state index contributed by atoms with van der Waals surface area (Å²) >= 11 is 5.47. The van der Waals surface area contributed by atoms with Gasteiger partial charge in [0.25, 0.3) is 10.0 Å². The maximum absolute atomic E-state index is 12.0. The van der Waals surface area contributed by atoms with Crippen LogP contribution in [0.15, 0.2) is 18.2 Å². The lowest BCUT2D eigenvalue weighted by atomic mass is 10.3. The van der Waals surface area contributed by atoms with Crippen LogP contribution >= 0.6 is 11.6 Å². The van der Waals surface area contributed by atoms with Gasteiger partial charge in [0, 0.05) is 11.1 Å².